The largest absolute Gasteiger partial charge is 0.392 e. The fraction of sp³-hybridized carbons (Fsp3) is 0.500. The summed E-state index contributed by atoms with van der Waals surface area (Å²) in [6.45, 7) is 3.01. The minimum atomic E-state index is -4.17. The lowest BCUT2D eigenvalue weighted by Gasteiger charge is -2.14. The number of sulfonamides is 1. The second-order valence-corrected chi connectivity index (χ2v) is 7.23. The molecule has 0 aliphatic carbocycles. The van der Waals surface area contributed by atoms with Crippen LogP contribution in [0, 0.1) is 11.6 Å². The summed E-state index contributed by atoms with van der Waals surface area (Å²) in [5, 5.41) is 8.93. The molecule has 4 nitrogen and oxygen atoms in total. The monoisotopic (exact) mass is 325 g/mol. The smallest absolute Gasteiger partial charge is 0.243 e. The Labute approximate surface area is 121 Å². The highest BCUT2D eigenvalue weighted by Gasteiger charge is 2.24. The molecule has 0 spiro atoms. The van der Waals surface area contributed by atoms with Crippen LogP contribution >= 0.6 is 11.8 Å². The Balaban J connectivity index is 3.06. The van der Waals surface area contributed by atoms with Gasteiger partial charge in [0, 0.05) is 11.8 Å². The molecule has 0 aromatic heterocycles. The maximum absolute atomic E-state index is 13.6. The van der Waals surface area contributed by atoms with Gasteiger partial charge in [-0.15, -0.1) is 0 Å². The second-order valence-electron chi connectivity index (χ2n) is 4.23. The molecule has 0 bridgehead atoms. The Morgan fingerprint density at radius 1 is 1.40 bits per heavy atom. The molecule has 2 N–H and O–H groups in total. The summed E-state index contributed by atoms with van der Waals surface area (Å²) in [6, 6.07) is 1.29. The summed E-state index contributed by atoms with van der Waals surface area (Å²) in [5.41, 5.74) is -0.000128. The summed E-state index contributed by atoms with van der Waals surface area (Å²) in [7, 11) is -4.17. The van der Waals surface area contributed by atoms with E-state index in [2.05, 4.69) is 4.72 Å². The average Bonchev–Trinajstić information content (AvgIpc) is 2.38. The van der Waals surface area contributed by atoms with E-state index in [9.17, 15) is 17.2 Å². The lowest BCUT2D eigenvalue weighted by atomic mass is 10.2. The lowest BCUT2D eigenvalue weighted by molar-refractivity contribution is 0.280. The van der Waals surface area contributed by atoms with Crippen molar-refractivity contribution in [1.29, 1.82) is 0 Å². The first kappa shape index (κ1) is 17.4. The molecule has 1 aromatic rings. The minimum Gasteiger partial charge on any atom is -0.392 e. The zero-order valence-corrected chi connectivity index (χ0v) is 12.8. The number of halogens is 2. The third-order valence-electron chi connectivity index (χ3n) is 2.46. The van der Waals surface area contributed by atoms with Crippen molar-refractivity contribution in [3.8, 4) is 0 Å². The Morgan fingerprint density at radius 2 is 2.05 bits per heavy atom. The Bertz CT molecular complexity index is 564. The molecule has 1 atom stereocenters. The molecule has 8 heteroatoms. The highest BCUT2D eigenvalue weighted by atomic mass is 32.2. The van der Waals surface area contributed by atoms with Crippen LogP contribution < -0.4 is 4.72 Å². The molecule has 1 rings (SSSR count). The van der Waals surface area contributed by atoms with Crippen LogP contribution in [0.25, 0.3) is 0 Å². The van der Waals surface area contributed by atoms with Crippen molar-refractivity contribution < 1.29 is 22.3 Å². The van der Waals surface area contributed by atoms with Gasteiger partial charge in [0.25, 0.3) is 0 Å². The first-order valence-electron chi connectivity index (χ1n) is 6.00. The lowest BCUT2D eigenvalue weighted by Crippen LogP contribution is -2.35. The SMILES string of the molecule is CCSCC(C)NS(=O)(=O)c1cc(CO)cc(F)c1F. The molecule has 0 radical (unpaired) electrons. The highest BCUT2D eigenvalue weighted by molar-refractivity contribution is 7.99. The summed E-state index contributed by atoms with van der Waals surface area (Å²) in [4.78, 5) is -0.783. The second kappa shape index (κ2) is 7.35. The summed E-state index contributed by atoms with van der Waals surface area (Å²) in [6.07, 6.45) is 0. The molecule has 0 amide bonds. The predicted octanol–water partition coefficient (Wildman–Crippen LogP) is 1.88. The van der Waals surface area contributed by atoms with Crippen molar-refractivity contribution in [1.82, 2.24) is 4.72 Å². The molecule has 0 saturated carbocycles. The summed E-state index contributed by atoms with van der Waals surface area (Å²) >= 11 is 1.53. The van der Waals surface area contributed by atoms with Crippen LogP contribution in [-0.4, -0.2) is 31.1 Å². The number of thioether (sulfide) groups is 1. The Morgan fingerprint density at radius 3 is 2.60 bits per heavy atom. The molecule has 0 heterocycles. The van der Waals surface area contributed by atoms with Crippen molar-refractivity contribution in [3.63, 3.8) is 0 Å². The van der Waals surface area contributed by atoms with Crippen molar-refractivity contribution >= 4 is 21.8 Å². The molecule has 0 aliphatic heterocycles. The van der Waals surface area contributed by atoms with Gasteiger partial charge in [-0.25, -0.2) is 21.9 Å². The van der Waals surface area contributed by atoms with E-state index in [4.69, 9.17) is 5.11 Å². The van der Waals surface area contributed by atoms with Gasteiger partial charge in [0.1, 0.15) is 4.90 Å². The number of benzene rings is 1. The van der Waals surface area contributed by atoms with E-state index >= 15 is 0 Å². The van der Waals surface area contributed by atoms with Crippen LogP contribution in [0.1, 0.15) is 19.4 Å². The molecule has 0 fully saturated rings. The van der Waals surface area contributed by atoms with Crippen LogP contribution in [0.5, 0.6) is 0 Å². The van der Waals surface area contributed by atoms with Crippen molar-refractivity contribution in [3.05, 3.63) is 29.3 Å². The van der Waals surface area contributed by atoms with E-state index < -0.39 is 39.2 Å². The number of hydrogen-bond acceptors (Lipinski definition) is 4. The first-order chi connectivity index (χ1) is 9.31. The van der Waals surface area contributed by atoms with E-state index in [0.717, 1.165) is 17.9 Å². The molecular formula is C12H17F2NO3S2. The van der Waals surface area contributed by atoms with Gasteiger partial charge in [-0.1, -0.05) is 6.92 Å². The topological polar surface area (TPSA) is 66.4 Å². The van der Waals surface area contributed by atoms with Crippen LogP contribution in [0.15, 0.2) is 17.0 Å². The molecule has 20 heavy (non-hydrogen) atoms. The fourth-order valence-electron chi connectivity index (χ4n) is 1.56. The highest BCUT2D eigenvalue weighted by Crippen LogP contribution is 2.20. The first-order valence-corrected chi connectivity index (χ1v) is 8.64. The minimum absolute atomic E-state index is 0.000128. The van der Waals surface area contributed by atoms with Gasteiger partial charge in [-0.2, -0.15) is 11.8 Å². The van der Waals surface area contributed by atoms with Crippen LogP contribution in [0.2, 0.25) is 0 Å². The zero-order chi connectivity index (χ0) is 15.3. The molecular weight excluding hydrogens is 308 g/mol. The van der Waals surface area contributed by atoms with E-state index in [1.54, 1.807) is 6.92 Å². The van der Waals surface area contributed by atoms with Gasteiger partial charge < -0.3 is 5.11 Å². The molecule has 1 aromatic carbocycles. The predicted molar refractivity (Wildman–Crippen MR) is 75.1 cm³/mol. The zero-order valence-electron chi connectivity index (χ0n) is 11.2. The van der Waals surface area contributed by atoms with Crippen molar-refractivity contribution in [2.24, 2.45) is 0 Å². The third kappa shape index (κ3) is 4.41. The average molecular weight is 325 g/mol. The molecule has 0 aliphatic rings. The number of nitrogens with one attached hydrogen (secondary N) is 1. The van der Waals surface area contributed by atoms with E-state index in [0.29, 0.717) is 5.75 Å². The molecule has 0 saturated heterocycles. The number of aliphatic hydroxyl groups is 1. The summed E-state index contributed by atoms with van der Waals surface area (Å²) in [5.74, 6) is -1.38. The van der Waals surface area contributed by atoms with Gasteiger partial charge in [0.2, 0.25) is 10.0 Å². The molecule has 1 unspecified atom stereocenters. The standard InChI is InChI=1S/C12H17F2NO3S2/c1-3-19-7-8(2)15-20(17,18)11-5-9(6-16)4-10(13)12(11)14/h4-5,8,15-16H,3,6-7H2,1-2H3. The van der Waals surface area contributed by atoms with Crippen LogP contribution in [-0.2, 0) is 16.6 Å². The Hall–Kier alpha value is -0.700. The van der Waals surface area contributed by atoms with Gasteiger partial charge >= 0.3 is 0 Å². The third-order valence-corrected chi connectivity index (χ3v) is 5.19. The van der Waals surface area contributed by atoms with E-state index in [1.165, 1.54) is 11.8 Å². The van der Waals surface area contributed by atoms with Gasteiger partial charge in [-0.05, 0) is 30.4 Å². The van der Waals surface area contributed by atoms with Crippen LogP contribution in [0.3, 0.4) is 0 Å². The number of rotatable bonds is 7. The Kier molecular flexibility index (Phi) is 6.38. The van der Waals surface area contributed by atoms with E-state index in [-0.39, 0.29) is 5.56 Å². The number of hydrogen-bond donors (Lipinski definition) is 2. The normalized spacial score (nSPS) is 13.4. The van der Waals surface area contributed by atoms with Crippen LogP contribution in [0.4, 0.5) is 8.78 Å². The maximum Gasteiger partial charge on any atom is 0.243 e. The van der Waals surface area contributed by atoms with E-state index in [1.807, 2.05) is 6.92 Å². The van der Waals surface area contributed by atoms with Gasteiger partial charge in [0.15, 0.2) is 11.6 Å². The summed E-state index contributed by atoms with van der Waals surface area (Å²) < 4.78 is 53.3. The molecule has 114 valence electrons. The fourth-order valence-corrected chi connectivity index (χ4v) is 3.72. The van der Waals surface area contributed by atoms with Gasteiger partial charge in [0.05, 0.1) is 6.61 Å². The van der Waals surface area contributed by atoms with Crippen molar-refractivity contribution in [2.75, 3.05) is 11.5 Å². The number of aliphatic hydroxyl groups excluding tert-OH is 1. The maximum atomic E-state index is 13.6. The quantitative estimate of drug-likeness (QED) is 0.803. The van der Waals surface area contributed by atoms with Gasteiger partial charge in [-0.3, -0.25) is 0 Å². The van der Waals surface area contributed by atoms with Crippen molar-refractivity contribution in [2.45, 2.75) is 31.4 Å².